The highest BCUT2D eigenvalue weighted by atomic mass is 15.1. The van der Waals surface area contributed by atoms with Crippen LogP contribution >= 0.6 is 0 Å². The molecule has 17 heavy (non-hydrogen) atoms. The van der Waals surface area contributed by atoms with Crippen molar-refractivity contribution in [2.24, 2.45) is 0 Å². The third kappa shape index (κ3) is 8.62. The van der Waals surface area contributed by atoms with Crippen LogP contribution in [0.4, 0.5) is 0 Å². The minimum atomic E-state index is 0.640. The second-order valence-electron chi connectivity index (χ2n) is 5.29. The first-order valence-electron chi connectivity index (χ1n) is 7.63. The Morgan fingerprint density at radius 1 is 0.941 bits per heavy atom. The lowest BCUT2D eigenvalue weighted by Crippen LogP contribution is -2.39. The summed E-state index contributed by atoms with van der Waals surface area (Å²) in [6.07, 6.45) is 6.55. The Balaban J connectivity index is 4.05. The Morgan fingerprint density at radius 2 is 1.47 bits per heavy atom. The van der Waals surface area contributed by atoms with Crippen LogP contribution in [0, 0.1) is 0 Å². The van der Waals surface area contributed by atoms with Crippen LogP contribution in [0.2, 0.25) is 0 Å². The van der Waals surface area contributed by atoms with E-state index in [1.165, 1.54) is 45.2 Å². The monoisotopic (exact) mass is 242 g/mol. The maximum Gasteiger partial charge on any atom is 0.00816 e. The van der Waals surface area contributed by atoms with E-state index in [0.29, 0.717) is 12.1 Å². The van der Waals surface area contributed by atoms with Crippen LogP contribution in [0.15, 0.2) is 0 Å². The molecule has 2 unspecified atom stereocenters. The maximum absolute atomic E-state index is 3.52. The molecule has 0 aromatic heterocycles. The molecule has 0 spiro atoms. The first-order chi connectivity index (χ1) is 8.15. The standard InChI is InChI=1S/C15H34N2/c1-6-9-11-17(12-10-7-2)15(5)13-14(4)16-8-3/h14-16H,6-13H2,1-5H3. The Hall–Kier alpha value is -0.0800. The van der Waals surface area contributed by atoms with Gasteiger partial charge in [-0.2, -0.15) is 0 Å². The molecule has 0 radical (unpaired) electrons. The van der Waals surface area contributed by atoms with E-state index in [4.69, 9.17) is 0 Å². The zero-order chi connectivity index (χ0) is 13.1. The lowest BCUT2D eigenvalue weighted by Gasteiger charge is -2.31. The number of nitrogens with zero attached hydrogens (tertiary/aromatic N) is 1. The lowest BCUT2D eigenvalue weighted by molar-refractivity contribution is 0.183. The van der Waals surface area contributed by atoms with Crippen LogP contribution in [-0.2, 0) is 0 Å². The number of hydrogen-bond donors (Lipinski definition) is 1. The topological polar surface area (TPSA) is 15.3 Å². The highest BCUT2D eigenvalue weighted by Gasteiger charge is 2.15. The van der Waals surface area contributed by atoms with Crippen LogP contribution in [-0.4, -0.2) is 36.6 Å². The Bertz CT molecular complexity index is 151. The van der Waals surface area contributed by atoms with Crippen molar-refractivity contribution in [2.75, 3.05) is 19.6 Å². The summed E-state index contributed by atoms with van der Waals surface area (Å²) >= 11 is 0. The van der Waals surface area contributed by atoms with E-state index in [-0.39, 0.29) is 0 Å². The van der Waals surface area contributed by atoms with Gasteiger partial charge in [-0.3, -0.25) is 0 Å². The minimum absolute atomic E-state index is 0.640. The van der Waals surface area contributed by atoms with Gasteiger partial charge in [-0.25, -0.2) is 0 Å². The molecular formula is C15H34N2. The Morgan fingerprint density at radius 3 is 1.88 bits per heavy atom. The smallest absolute Gasteiger partial charge is 0.00816 e. The van der Waals surface area contributed by atoms with Gasteiger partial charge >= 0.3 is 0 Å². The molecule has 2 heteroatoms. The molecular weight excluding hydrogens is 208 g/mol. The molecule has 0 aliphatic rings. The van der Waals surface area contributed by atoms with Crippen LogP contribution < -0.4 is 5.32 Å². The lowest BCUT2D eigenvalue weighted by atomic mass is 10.1. The molecule has 2 atom stereocenters. The fourth-order valence-electron chi connectivity index (χ4n) is 2.37. The third-order valence-electron chi connectivity index (χ3n) is 3.47. The molecule has 0 aliphatic heterocycles. The van der Waals surface area contributed by atoms with Crippen molar-refractivity contribution >= 4 is 0 Å². The second kappa shape index (κ2) is 11.0. The molecule has 2 nitrogen and oxygen atoms in total. The summed E-state index contributed by atoms with van der Waals surface area (Å²) < 4.78 is 0. The number of nitrogens with one attached hydrogen (secondary N) is 1. The Labute approximate surface area is 109 Å². The normalized spacial score (nSPS) is 15.2. The average molecular weight is 242 g/mol. The Kier molecular flexibility index (Phi) is 11.0. The van der Waals surface area contributed by atoms with Crippen molar-refractivity contribution in [2.45, 2.75) is 78.8 Å². The van der Waals surface area contributed by atoms with Gasteiger partial charge in [-0.05, 0) is 52.7 Å². The van der Waals surface area contributed by atoms with Gasteiger partial charge in [0.25, 0.3) is 0 Å². The molecule has 0 amide bonds. The van der Waals surface area contributed by atoms with Gasteiger partial charge < -0.3 is 10.2 Å². The fraction of sp³-hybridized carbons (Fsp3) is 1.00. The molecule has 0 aromatic carbocycles. The quantitative estimate of drug-likeness (QED) is 0.595. The van der Waals surface area contributed by atoms with E-state index >= 15 is 0 Å². The highest BCUT2D eigenvalue weighted by molar-refractivity contribution is 4.73. The summed E-state index contributed by atoms with van der Waals surface area (Å²) in [4.78, 5) is 2.68. The number of unbranched alkanes of at least 4 members (excludes halogenated alkanes) is 2. The summed E-state index contributed by atoms with van der Waals surface area (Å²) in [6.45, 7) is 15.1. The molecule has 0 fully saturated rings. The summed E-state index contributed by atoms with van der Waals surface area (Å²) in [5, 5.41) is 3.52. The average Bonchev–Trinajstić information content (AvgIpc) is 2.29. The summed E-state index contributed by atoms with van der Waals surface area (Å²) in [7, 11) is 0. The largest absolute Gasteiger partial charge is 0.314 e. The molecule has 0 rings (SSSR count). The van der Waals surface area contributed by atoms with Gasteiger partial charge in [0.2, 0.25) is 0 Å². The van der Waals surface area contributed by atoms with E-state index in [1.54, 1.807) is 0 Å². The number of hydrogen-bond acceptors (Lipinski definition) is 2. The van der Waals surface area contributed by atoms with Crippen molar-refractivity contribution in [3.63, 3.8) is 0 Å². The van der Waals surface area contributed by atoms with Crippen molar-refractivity contribution in [1.82, 2.24) is 10.2 Å². The van der Waals surface area contributed by atoms with Gasteiger partial charge in [0.15, 0.2) is 0 Å². The van der Waals surface area contributed by atoms with Crippen LogP contribution in [0.3, 0.4) is 0 Å². The molecule has 0 saturated carbocycles. The summed E-state index contributed by atoms with van der Waals surface area (Å²) in [6, 6.07) is 1.35. The van der Waals surface area contributed by atoms with E-state index in [0.717, 1.165) is 6.54 Å². The first kappa shape index (κ1) is 16.9. The molecule has 0 aromatic rings. The number of rotatable bonds is 11. The van der Waals surface area contributed by atoms with Crippen molar-refractivity contribution in [1.29, 1.82) is 0 Å². The molecule has 104 valence electrons. The van der Waals surface area contributed by atoms with Crippen molar-refractivity contribution < 1.29 is 0 Å². The van der Waals surface area contributed by atoms with Crippen LogP contribution in [0.1, 0.15) is 66.7 Å². The molecule has 0 saturated heterocycles. The van der Waals surface area contributed by atoms with Crippen LogP contribution in [0.5, 0.6) is 0 Å². The van der Waals surface area contributed by atoms with E-state index in [1.807, 2.05) is 0 Å². The van der Waals surface area contributed by atoms with Gasteiger partial charge in [-0.1, -0.05) is 33.6 Å². The predicted octanol–water partition coefficient (Wildman–Crippen LogP) is 3.67. The van der Waals surface area contributed by atoms with E-state index in [9.17, 15) is 0 Å². The van der Waals surface area contributed by atoms with E-state index in [2.05, 4.69) is 44.8 Å². The molecule has 0 bridgehead atoms. The van der Waals surface area contributed by atoms with Crippen molar-refractivity contribution in [3.8, 4) is 0 Å². The van der Waals surface area contributed by atoms with E-state index < -0.39 is 0 Å². The summed E-state index contributed by atoms with van der Waals surface area (Å²) in [5.74, 6) is 0. The second-order valence-corrected chi connectivity index (χ2v) is 5.29. The van der Waals surface area contributed by atoms with Gasteiger partial charge in [0.1, 0.15) is 0 Å². The highest BCUT2D eigenvalue weighted by Crippen LogP contribution is 2.10. The molecule has 0 aliphatic carbocycles. The maximum atomic E-state index is 3.52. The summed E-state index contributed by atoms with van der Waals surface area (Å²) in [5.41, 5.74) is 0. The van der Waals surface area contributed by atoms with Gasteiger partial charge in [-0.15, -0.1) is 0 Å². The van der Waals surface area contributed by atoms with Gasteiger partial charge in [0, 0.05) is 12.1 Å². The van der Waals surface area contributed by atoms with Crippen LogP contribution in [0.25, 0.3) is 0 Å². The third-order valence-corrected chi connectivity index (χ3v) is 3.47. The SMILES string of the molecule is CCCCN(CCCC)C(C)CC(C)NCC. The predicted molar refractivity (Wildman–Crippen MR) is 78.6 cm³/mol. The van der Waals surface area contributed by atoms with Crippen molar-refractivity contribution in [3.05, 3.63) is 0 Å². The molecule has 0 heterocycles. The minimum Gasteiger partial charge on any atom is -0.314 e. The molecule has 1 N–H and O–H groups in total. The fourth-order valence-corrected chi connectivity index (χ4v) is 2.37. The van der Waals surface area contributed by atoms with Gasteiger partial charge in [0.05, 0.1) is 0 Å². The first-order valence-corrected chi connectivity index (χ1v) is 7.63. The zero-order valence-corrected chi connectivity index (χ0v) is 12.8. The zero-order valence-electron chi connectivity index (χ0n) is 12.8.